The molecule has 8 heteroatoms. The number of benzene rings is 3. The first kappa shape index (κ1) is 19.8. The van der Waals surface area contributed by atoms with E-state index in [0.717, 1.165) is 16.8 Å². The molecular weight excluding hydrogens is 400 g/mol. The monoisotopic (exact) mass is 420 g/mol. The summed E-state index contributed by atoms with van der Waals surface area (Å²) < 4.78 is 32.8. The van der Waals surface area contributed by atoms with Crippen LogP contribution in [0, 0.1) is 13.8 Å². The van der Waals surface area contributed by atoms with Crippen LogP contribution in [0.3, 0.4) is 0 Å². The summed E-state index contributed by atoms with van der Waals surface area (Å²) in [6.07, 6.45) is 0. The normalized spacial score (nSPS) is 11.4. The molecule has 152 valence electrons. The first-order chi connectivity index (χ1) is 14.5. The number of hydrogen-bond acceptors (Lipinski definition) is 6. The molecule has 30 heavy (non-hydrogen) atoms. The molecule has 0 spiro atoms. The quantitative estimate of drug-likeness (QED) is 0.473. The van der Waals surface area contributed by atoms with Gasteiger partial charge in [0.25, 0.3) is 0 Å². The van der Waals surface area contributed by atoms with E-state index >= 15 is 0 Å². The lowest BCUT2D eigenvalue weighted by Gasteiger charge is -2.12. The van der Waals surface area contributed by atoms with Gasteiger partial charge in [0.1, 0.15) is 12.4 Å². The van der Waals surface area contributed by atoms with Crippen molar-refractivity contribution in [3.05, 3.63) is 89.7 Å². The Kier molecular flexibility index (Phi) is 5.33. The molecule has 3 aromatic carbocycles. The lowest BCUT2D eigenvalue weighted by atomic mass is 10.1. The molecule has 4 rings (SSSR count). The molecule has 0 bridgehead atoms. The lowest BCUT2D eigenvalue weighted by molar-refractivity contribution is 0.292. The number of rotatable bonds is 6. The molecule has 0 amide bonds. The van der Waals surface area contributed by atoms with Crippen LogP contribution in [0.4, 0.5) is 0 Å². The van der Waals surface area contributed by atoms with Gasteiger partial charge in [-0.3, -0.25) is 0 Å². The van der Waals surface area contributed by atoms with Crippen LogP contribution in [-0.4, -0.2) is 28.6 Å². The van der Waals surface area contributed by atoms with Crippen LogP contribution in [0.1, 0.15) is 17.0 Å². The van der Waals surface area contributed by atoms with Crippen molar-refractivity contribution in [1.29, 1.82) is 0 Å². The maximum absolute atomic E-state index is 12.7. The van der Waals surface area contributed by atoms with Gasteiger partial charge in [-0.2, -0.15) is 4.68 Å². The molecule has 4 aromatic rings. The summed E-state index contributed by atoms with van der Waals surface area (Å²) in [4.78, 5) is 0.466. The van der Waals surface area contributed by atoms with Gasteiger partial charge in [0, 0.05) is 0 Å². The van der Waals surface area contributed by atoms with Crippen LogP contribution in [0.25, 0.3) is 5.69 Å². The van der Waals surface area contributed by atoms with Gasteiger partial charge in [-0.15, -0.1) is 5.10 Å². The predicted octanol–water partition coefficient (Wildman–Crippen LogP) is 3.69. The van der Waals surface area contributed by atoms with Crippen LogP contribution >= 0.6 is 0 Å². The third kappa shape index (κ3) is 3.81. The second-order valence-electron chi connectivity index (χ2n) is 6.82. The van der Waals surface area contributed by atoms with Crippen molar-refractivity contribution in [3.8, 4) is 11.4 Å². The fraction of sp³-hybridized carbons (Fsp3) is 0.136. The largest absolute Gasteiger partial charge is 0.486 e. The van der Waals surface area contributed by atoms with Crippen molar-refractivity contribution >= 4 is 9.84 Å². The minimum Gasteiger partial charge on any atom is -0.486 e. The summed E-state index contributed by atoms with van der Waals surface area (Å²) >= 11 is 0. The van der Waals surface area contributed by atoms with Crippen molar-refractivity contribution in [2.24, 2.45) is 0 Å². The molecule has 0 fully saturated rings. The van der Waals surface area contributed by atoms with Crippen LogP contribution in [0.2, 0.25) is 0 Å². The van der Waals surface area contributed by atoms with Gasteiger partial charge in [-0.25, -0.2) is 8.42 Å². The second-order valence-corrected chi connectivity index (χ2v) is 8.77. The van der Waals surface area contributed by atoms with Crippen LogP contribution in [0.15, 0.2) is 82.6 Å². The molecule has 1 heterocycles. The molecule has 0 atom stereocenters. The molecule has 0 aliphatic heterocycles. The van der Waals surface area contributed by atoms with Gasteiger partial charge in [0.15, 0.2) is 5.82 Å². The van der Waals surface area contributed by atoms with Crippen molar-refractivity contribution in [2.75, 3.05) is 0 Å². The minimum atomic E-state index is -3.56. The topological polar surface area (TPSA) is 87.0 Å². The third-order valence-electron chi connectivity index (χ3n) is 4.74. The highest BCUT2D eigenvalue weighted by atomic mass is 32.2. The van der Waals surface area contributed by atoms with Gasteiger partial charge in [0.05, 0.1) is 15.5 Å². The van der Waals surface area contributed by atoms with E-state index < -0.39 is 9.84 Å². The highest BCUT2D eigenvalue weighted by Crippen LogP contribution is 2.24. The molecule has 0 saturated heterocycles. The average Bonchev–Trinajstić information content (AvgIpc) is 3.21. The second kappa shape index (κ2) is 8.08. The standard InChI is InChI=1S/C22H20N4O3S/c1-16-7-6-8-17(2)22(16)26-21(23-24-25-26)15-29-18-11-13-20(14-12-18)30(27,28)19-9-4-3-5-10-19/h3-14H,15H2,1-2H3. The maximum Gasteiger partial charge on any atom is 0.206 e. The molecule has 0 aliphatic carbocycles. The Balaban J connectivity index is 1.52. The molecule has 1 aromatic heterocycles. The predicted molar refractivity (Wildman–Crippen MR) is 111 cm³/mol. The van der Waals surface area contributed by atoms with Gasteiger partial charge in [-0.05, 0) is 71.8 Å². The Hall–Kier alpha value is -3.52. The Labute approximate surface area is 174 Å². The number of sulfone groups is 1. The Morgan fingerprint density at radius 1 is 0.833 bits per heavy atom. The minimum absolute atomic E-state index is 0.144. The fourth-order valence-corrected chi connectivity index (χ4v) is 4.49. The van der Waals surface area contributed by atoms with Gasteiger partial charge < -0.3 is 4.74 Å². The van der Waals surface area contributed by atoms with E-state index in [2.05, 4.69) is 15.5 Å². The Morgan fingerprint density at radius 3 is 2.13 bits per heavy atom. The first-order valence-corrected chi connectivity index (χ1v) is 10.8. The van der Waals surface area contributed by atoms with Gasteiger partial charge in [0.2, 0.25) is 9.84 Å². The van der Waals surface area contributed by atoms with E-state index in [1.165, 1.54) is 12.1 Å². The van der Waals surface area contributed by atoms with Crippen molar-refractivity contribution in [3.63, 3.8) is 0 Å². The van der Waals surface area contributed by atoms with Gasteiger partial charge >= 0.3 is 0 Å². The molecule has 0 radical (unpaired) electrons. The zero-order valence-electron chi connectivity index (χ0n) is 16.6. The summed E-state index contributed by atoms with van der Waals surface area (Å²) in [5.74, 6) is 1.08. The van der Waals surface area contributed by atoms with Crippen molar-refractivity contribution in [2.45, 2.75) is 30.2 Å². The van der Waals surface area contributed by atoms with Crippen molar-refractivity contribution < 1.29 is 13.2 Å². The van der Waals surface area contributed by atoms with Gasteiger partial charge in [-0.1, -0.05) is 36.4 Å². The van der Waals surface area contributed by atoms with E-state index in [-0.39, 0.29) is 16.4 Å². The van der Waals surface area contributed by atoms with E-state index in [9.17, 15) is 8.42 Å². The highest BCUT2D eigenvalue weighted by Gasteiger charge is 2.17. The molecule has 0 N–H and O–H groups in total. The summed E-state index contributed by atoms with van der Waals surface area (Å²) in [6, 6.07) is 20.6. The fourth-order valence-electron chi connectivity index (χ4n) is 3.21. The van der Waals surface area contributed by atoms with E-state index in [1.54, 1.807) is 47.1 Å². The van der Waals surface area contributed by atoms with Crippen molar-refractivity contribution in [1.82, 2.24) is 20.2 Å². The average molecular weight is 420 g/mol. The highest BCUT2D eigenvalue weighted by molar-refractivity contribution is 7.91. The van der Waals surface area contributed by atoms with E-state index in [1.807, 2.05) is 32.0 Å². The molecule has 7 nitrogen and oxygen atoms in total. The summed E-state index contributed by atoms with van der Waals surface area (Å²) in [7, 11) is -3.56. The zero-order chi connectivity index (χ0) is 21.1. The number of nitrogens with zero attached hydrogens (tertiary/aromatic N) is 4. The molecular formula is C22H20N4O3S. The van der Waals surface area contributed by atoms with Crippen LogP contribution in [-0.2, 0) is 16.4 Å². The molecule has 0 saturated carbocycles. The SMILES string of the molecule is Cc1cccc(C)c1-n1nnnc1COc1ccc(S(=O)(=O)c2ccccc2)cc1. The first-order valence-electron chi connectivity index (χ1n) is 9.33. The third-order valence-corrected chi connectivity index (χ3v) is 6.53. The molecule has 0 unspecified atom stereocenters. The smallest absolute Gasteiger partial charge is 0.206 e. The van der Waals surface area contributed by atoms with Crippen LogP contribution in [0.5, 0.6) is 5.75 Å². The van der Waals surface area contributed by atoms with E-state index in [4.69, 9.17) is 4.74 Å². The summed E-state index contributed by atoms with van der Waals surface area (Å²) in [5, 5.41) is 11.9. The Morgan fingerprint density at radius 2 is 1.47 bits per heavy atom. The number of aromatic nitrogens is 4. The Bertz CT molecular complexity index is 1250. The van der Waals surface area contributed by atoms with E-state index in [0.29, 0.717) is 11.6 Å². The number of ether oxygens (including phenoxy) is 1. The lowest BCUT2D eigenvalue weighted by Crippen LogP contribution is -2.09. The number of hydrogen-bond donors (Lipinski definition) is 0. The number of aryl methyl sites for hydroxylation is 2. The number of tetrazole rings is 1. The zero-order valence-corrected chi connectivity index (χ0v) is 17.4. The summed E-state index contributed by atoms with van der Waals surface area (Å²) in [5.41, 5.74) is 3.03. The molecule has 0 aliphatic rings. The maximum atomic E-state index is 12.7. The summed E-state index contributed by atoms with van der Waals surface area (Å²) in [6.45, 7) is 4.15. The van der Waals surface area contributed by atoms with Crippen LogP contribution < -0.4 is 4.74 Å². The number of para-hydroxylation sites is 1.